The number of aromatic nitrogens is 4. The van der Waals surface area contributed by atoms with E-state index >= 15 is 0 Å². The molecule has 0 saturated carbocycles. The molecule has 6 nitrogen and oxygen atoms in total. The van der Waals surface area contributed by atoms with Crippen LogP contribution in [0.4, 0.5) is 5.95 Å². The van der Waals surface area contributed by atoms with E-state index in [1.807, 2.05) is 60.0 Å². The molecule has 0 bridgehead atoms. The average Bonchev–Trinajstić information content (AvgIpc) is 3.42. The lowest BCUT2D eigenvalue weighted by molar-refractivity contribution is 0.0957. The van der Waals surface area contributed by atoms with Crippen molar-refractivity contribution in [1.82, 2.24) is 19.7 Å². The lowest BCUT2D eigenvalue weighted by atomic mass is 10.2. The molecule has 0 amide bonds. The van der Waals surface area contributed by atoms with Crippen LogP contribution in [0.15, 0.2) is 78.4 Å². The van der Waals surface area contributed by atoms with E-state index in [1.54, 1.807) is 29.8 Å². The summed E-state index contributed by atoms with van der Waals surface area (Å²) in [7, 11) is 0. The first kappa shape index (κ1) is 17.8. The molecular weight excluding hydrogens is 370 g/mol. The molecule has 3 aromatic heterocycles. The van der Waals surface area contributed by atoms with Crippen molar-refractivity contribution < 1.29 is 4.79 Å². The predicted octanol–water partition coefficient (Wildman–Crippen LogP) is 4.37. The van der Waals surface area contributed by atoms with Gasteiger partial charge in [0.15, 0.2) is 5.82 Å². The number of nitrogens with zero attached hydrogens (tertiary/aromatic N) is 4. The molecule has 4 aromatic rings. The van der Waals surface area contributed by atoms with Crippen LogP contribution in [-0.2, 0) is 6.54 Å². The van der Waals surface area contributed by atoms with Crippen LogP contribution in [0, 0.1) is 0 Å². The van der Waals surface area contributed by atoms with Crippen molar-refractivity contribution in [3.05, 3.63) is 88.9 Å². The minimum absolute atomic E-state index is 0.278. The van der Waals surface area contributed by atoms with Crippen molar-refractivity contribution in [3.8, 4) is 11.4 Å². The summed E-state index contributed by atoms with van der Waals surface area (Å²) >= 11 is 1.64. The molecule has 0 atom stereocenters. The van der Waals surface area contributed by atoms with Gasteiger partial charge in [0, 0.05) is 28.9 Å². The van der Waals surface area contributed by atoms with Crippen LogP contribution in [0.5, 0.6) is 0 Å². The summed E-state index contributed by atoms with van der Waals surface area (Å²) in [6.45, 7) is 0.568. The highest BCUT2D eigenvalue weighted by Crippen LogP contribution is 2.18. The molecule has 1 N–H and O–H groups in total. The van der Waals surface area contributed by atoms with E-state index in [0.29, 0.717) is 18.3 Å². The van der Waals surface area contributed by atoms with Gasteiger partial charge in [0.2, 0.25) is 5.95 Å². The number of hydrogen-bond donors (Lipinski definition) is 1. The Morgan fingerprint density at radius 1 is 1.11 bits per heavy atom. The number of carbonyl (C=O) groups is 1. The second-order valence-corrected chi connectivity index (χ2v) is 6.96. The zero-order valence-corrected chi connectivity index (χ0v) is 15.7. The highest BCUT2D eigenvalue weighted by atomic mass is 32.1. The fourth-order valence-corrected chi connectivity index (χ4v) is 3.22. The van der Waals surface area contributed by atoms with E-state index in [4.69, 9.17) is 0 Å². The Balaban J connectivity index is 1.62. The van der Waals surface area contributed by atoms with Gasteiger partial charge in [-0.05, 0) is 35.2 Å². The fraction of sp³-hybridized carbons (Fsp3) is 0.0476. The summed E-state index contributed by atoms with van der Waals surface area (Å²) < 4.78 is 1.29. The van der Waals surface area contributed by atoms with Gasteiger partial charge in [-0.2, -0.15) is 9.67 Å². The second-order valence-electron chi connectivity index (χ2n) is 5.93. The Bertz CT molecular complexity index is 1070. The summed E-state index contributed by atoms with van der Waals surface area (Å²) in [4.78, 5) is 22.5. The number of pyridine rings is 1. The first-order valence-corrected chi connectivity index (χ1v) is 9.59. The van der Waals surface area contributed by atoms with E-state index in [2.05, 4.69) is 20.4 Å². The molecule has 3 heterocycles. The van der Waals surface area contributed by atoms with Crippen LogP contribution in [0.1, 0.15) is 15.2 Å². The minimum atomic E-state index is -0.278. The van der Waals surface area contributed by atoms with E-state index in [0.717, 1.165) is 16.0 Å². The number of allylic oxidation sites excluding steroid dienone is 1. The summed E-state index contributed by atoms with van der Waals surface area (Å²) in [5, 5.41) is 9.62. The van der Waals surface area contributed by atoms with Crippen LogP contribution in [0.25, 0.3) is 17.5 Å². The molecule has 7 heteroatoms. The van der Waals surface area contributed by atoms with Crippen molar-refractivity contribution in [2.75, 3.05) is 5.32 Å². The largest absolute Gasteiger partial charge is 0.349 e. The molecule has 0 radical (unpaired) electrons. The topological polar surface area (TPSA) is 72.7 Å². The Morgan fingerprint density at radius 3 is 2.75 bits per heavy atom. The van der Waals surface area contributed by atoms with Crippen LogP contribution in [-0.4, -0.2) is 25.7 Å². The summed E-state index contributed by atoms with van der Waals surface area (Å²) in [5.74, 6) is 0.568. The zero-order chi connectivity index (χ0) is 19.2. The van der Waals surface area contributed by atoms with Crippen molar-refractivity contribution in [2.24, 2.45) is 0 Å². The van der Waals surface area contributed by atoms with Gasteiger partial charge in [0.05, 0.1) is 6.54 Å². The molecule has 0 aliphatic heterocycles. The van der Waals surface area contributed by atoms with Crippen LogP contribution in [0.2, 0.25) is 0 Å². The van der Waals surface area contributed by atoms with Gasteiger partial charge in [-0.15, -0.1) is 16.4 Å². The zero-order valence-electron chi connectivity index (χ0n) is 14.9. The minimum Gasteiger partial charge on any atom is -0.349 e. The normalized spacial score (nSPS) is 11.0. The quantitative estimate of drug-likeness (QED) is 0.498. The van der Waals surface area contributed by atoms with Gasteiger partial charge >= 0.3 is 0 Å². The maximum Gasteiger partial charge on any atom is 0.274 e. The first-order valence-electron chi connectivity index (χ1n) is 8.71. The lowest BCUT2D eigenvalue weighted by Crippen LogP contribution is -2.14. The highest BCUT2D eigenvalue weighted by Gasteiger charge is 2.16. The third-order valence-electron chi connectivity index (χ3n) is 3.95. The van der Waals surface area contributed by atoms with Crippen molar-refractivity contribution >= 4 is 29.3 Å². The van der Waals surface area contributed by atoms with E-state index in [1.165, 1.54) is 10.8 Å². The molecule has 138 valence electrons. The third kappa shape index (κ3) is 4.21. The number of carbonyl (C=O) groups excluding carboxylic acids is 1. The molecule has 0 saturated heterocycles. The van der Waals surface area contributed by atoms with Gasteiger partial charge in [-0.25, -0.2) is 0 Å². The summed E-state index contributed by atoms with van der Waals surface area (Å²) in [5.41, 5.74) is 1.69. The van der Waals surface area contributed by atoms with Gasteiger partial charge in [0.25, 0.3) is 5.91 Å². The standard InChI is InChI=1S/C21H17N5OS/c27-19(11-10-16-6-2-1-3-7-16)26-21(23-15-18-9-5-13-28-18)24-20(25-26)17-8-4-12-22-14-17/h1-14H,15H2,(H,23,24,25). The van der Waals surface area contributed by atoms with Crippen molar-refractivity contribution in [2.45, 2.75) is 6.54 Å². The van der Waals surface area contributed by atoms with Crippen LogP contribution in [0.3, 0.4) is 0 Å². The SMILES string of the molecule is O=C(C=Cc1ccccc1)n1nc(-c2cccnc2)nc1NCc1cccs1. The smallest absolute Gasteiger partial charge is 0.274 e. The molecule has 0 unspecified atom stereocenters. The van der Waals surface area contributed by atoms with Crippen LogP contribution >= 0.6 is 11.3 Å². The van der Waals surface area contributed by atoms with Crippen LogP contribution < -0.4 is 5.32 Å². The Labute approximate surface area is 166 Å². The number of nitrogens with one attached hydrogen (secondary N) is 1. The number of hydrogen-bond acceptors (Lipinski definition) is 6. The monoisotopic (exact) mass is 387 g/mol. The molecule has 0 aliphatic rings. The molecule has 0 spiro atoms. The number of benzene rings is 1. The Morgan fingerprint density at radius 2 is 2.00 bits per heavy atom. The van der Waals surface area contributed by atoms with E-state index < -0.39 is 0 Å². The molecule has 4 rings (SSSR count). The molecule has 0 fully saturated rings. The summed E-state index contributed by atoms with van der Waals surface area (Å²) in [6, 6.07) is 17.3. The second kappa shape index (κ2) is 8.41. The highest BCUT2D eigenvalue weighted by molar-refractivity contribution is 7.09. The maximum atomic E-state index is 12.8. The van der Waals surface area contributed by atoms with Crippen molar-refractivity contribution in [1.29, 1.82) is 0 Å². The number of rotatable bonds is 6. The maximum absolute atomic E-state index is 12.8. The molecule has 1 aromatic carbocycles. The molecule has 0 aliphatic carbocycles. The first-order chi connectivity index (χ1) is 13.8. The molecule has 28 heavy (non-hydrogen) atoms. The van der Waals surface area contributed by atoms with Gasteiger partial charge in [0.1, 0.15) is 0 Å². The average molecular weight is 387 g/mol. The molecular formula is C21H17N5OS. The third-order valence-corrected chi connectivity index (χ3v) is 4.83. The van der Waals surface area contributed by atoms with Gasteiger partial charge < -0.3 is 5.32 Å². The number of thiophene rings is 1. The fourth-order valence-electron chi connectivity index (χ4n) is 2.58. The lowest BCUT2D eigenvalue weighted by Gasteiger charge is -2.04. The Hall–Kier alpha value is -3.58. The summed E-state index contributed by atoms with van der Waals surface area (Å²) in [6.07, 6.45) is 6.61. The van der Waals surface area contributed by atoms with Gasteiger partial charge in [-0.1, -0.05) is 36.4 Å². The number of anilines is 1. The predicted molar refractivity (Wildman–Crippen MR) is 111 cm³/mol. The van der Waals surface area contributed by atoms with E-state index in [-0.39, 0.29) is 5.91 Å². The van der Waals surface area contributed by atoms with E-state index in [9.17, 15) is 4.79 Å². The van der Waals surface area contributed by atoms with Gasteiger partial charge in [-0.3, -0.25) is 9.78 Å². The Kier molecular flexibility index (Phi) is 5.35. The van der Waals surface area contributed by atoms with Crippen molar-refractivity contribution in [3.63, 3.8) is 0 Å².